The van der Waals surface area contributed by atoms with Gasteiger partial charge in [0.05, 0.1) is 12.1 Å². The summed E-state index contributed by atoms with van der Waals surface area (Å²) >= 11 is 0. The van der Waals surface area contributed by atoms with Crippen molar-refractivity contribution >= 4 is 11.9 Å². The van der Waals surface area contributed by atoms with E-state index in [1.807, 2.05) is 0 Å². The highest BCUT2D eigenvalue weighted by Crippen LogP contribution is 2.31. The van der Waals surface area contributed by atoms with Gasteiger partial charge in [-0.25, -0.2) is 9.78 Å². The van der Waals surface area contributed by atoms with Crippen LogP contribution in [0.15, 0.2) is 24.3 Å². The van der Waals surface area contributed by atoms with Crippen LogP contribution in [0.3, 0.4) is 0 Å². The van der Waals surface area contributed by atoms with E-state index in [1.165, 1.54) is 26.2 Å². The third-order valence-corrected chi connectivity index (χ3v) is 3.57. The second-order valence-electron chi connectivity index (χ2n) is 5.41. The number of halogens is 3. The van der Waals surface area contributed by atoms with Gasteiger partial charge in [-0.3, -0.25) is 4.79 Å². The number of ether oxygens (including phenoxy) is 1. The number of carboxylic acids is 1. The highest BCUT2D eigenvalue weighted by Gasteiger charge is 2.30. The molecule has 3 N–H and O–H groups in total. The van der Waals surface area contributed by atoms with Gasteiger partial charge in [0.1, 0.15) is 11.5 Å². The average molecular weight is 371 g/mol. The topological polar surface area (TPSA) is 104 Å². The summed E-state index contributed by atoms with van der Waals surface area (Å²) in [5.74, 6) is -1.81. The van der Waals surface area contributed by atoms with Crippen LogP contribution < -0.4 is 5.32 Å². The third kappa shape index (κ3) is 4.39. The third-order valence-electron chi connectivity index (χ3n) is 3.57. The minimum absolute atomic E-state index is 0.0438. The molecule has 0 aliphatic rings. The predicted octanol–water partition coefficient (Wildman–Crippen LogP) is 2.23. The molecule has 0 aliphatic heterocycles. The van der Waals surface area contributed by atoms with Crippen LogP contribution in [0.2, 0.25) is 0 Å². The van der Waals surface area contributed by atoms with Crippen molar-refractivity contribution in [1.82, 2.24) is 15.3 Å². The first-order valence-corrected chi connectivity index (χ1v) is 7.41. The standard InChI is InChI=1S/C16H16F3N3O4/c1-8-12(14(23)20-7-11(26-2)15(24)25)22-13(21-8)9-4-3-5-10(6-9)16(17,18)19/h3-6,11H,7H2,1-2H3,(H,20,23)(H,21,22)(H,24,25). The van der Waals surface area contributed by atoms with Crippen molar-refractivity contribution in [3.8, 4) is 11.4 Å². The molecule has 0 fully saturated rings. The molecule has 1 aromatic heterocycles. The van der Waals surface area contributed by atoms with E-state index in [9.17, 15) is 22.8 Å². The number of imidazole rings is 1. The second-order valence-corrected chi connectivity index (χ2v) is 5.41. The maximum absolute atomic E-state index is 12.8. The molecule has 0 saturated carbocycles. The Morgan fingerprint density at radius 3 is 2.65 bits per heavy atom. The lowest BCUT2D eigenvalue weighted by Gasteiger charge is -2.10. The van der Waals surface area contributed by atoms with Crippen LogP contribution in [0, 0.1) is 6.92 Å². The fourth-order valence-corrected chi connectivity index (χ4v) is 2.20. The van der Waals surface area contributed by atoms with E-state index in [-0.39, 0.29) is 23.6 Å². The van der Waals surface area contributed by atoms with Gasteiger partial charge in [0.15, 0.2) is 6.10 Å². The number of nitrogens with zero attached hydrogens (tertiary/aromatic N) is 1. The molecule has 0 radical (unpaired) electrons. The van der Waals surface area contributed by atoms with E-state index in [1.54, 1.807) is 0 Å². The van der Waals surface area contributed by atoms with Crippen LogP contribution >= 0.6 is 0 Å². The number of aromatic amines is 1. The second kappa shape index (κ2) is 7.56. The van der Waals surface area contributed by atoms with Crippen molar-refractivity contribution in [3.05, 3.63) is 41.2 Å². The quantitative estimate of drug-likeness (QED) is 0.722. The number of nitrogens with one attached hydrogen (secondary N) is 2. The Morgan fingerprint density at radius 1 is 1.38 bits per heavy atom. The molecule has 0 aliphatic carbocycles. The number of aliphatic carboxylic acids is 1. The van der Waals surface area contributed by atoms with Gasteiger partial charge < -0.3 is 20.1 Å². The Labute approximate surface area is 146 Å². The zero-order valence-electron chi connectivity index (χ0n) is 13.8. The Balaban J connectivity index is 2.21. The van der Waals surface area contributed by atoms with Crippen molar-refractivity contribution < 1.29 is 32.6 Å². The Hall–Kier alpha value is -2.88. The molecule has 26 heavy (non-hydrogen) atoms. The van der Waals surface area contributed by atoms with E-state index >= 15 is 0 Å². The number of hydrogen-bond donors (Lipinski definition) is 3. The average Bonchev–Trinajstić information content (AvgIpc) is 2.96. The van der Waals surface area contributed by atoms with E-state index < -0.39 is 29.7 Å². The van der Waals surface area contributed by atoms with Gasteiger partial charge in [0, 0.05) is 18.4 Å². The highest BCUT2D eigenvalue weighted by atomic mass is 19.4. The number of aromatic nitrogens is 2. The van der Waals surface area contributed by atoms with Crippen LogP contribution in [-0.2, 0) is 15.7 Å². The smallest absolute Gasteiger partial charge is 0.416 e. The molecule has 2 aromatic rings. The number of rotatable bonds is 6. The van der Waals surface area contributed by atoms with Crippen LogP contribution in [0.1, 0.15) is 21.7 Å². The Morgan fingerprint density at radius 2 is 2.08 bits per heavy atom. The monoisotopic (exact) mass is 371 g/mol. The SMILES string of the molecule is COC(CNC(=O)c1nc(-c2cccc(C(F)(F)F)c2)[nH]c1C)C(=O)O. The van der Waals surface area contributed by atoms with Gasteiger partial charge in [-0.1, -0.05) is 12.1 Å². The van der Waals surface area contributed by atoms with E-state index in [2.05, 4.69) is 15.3 Å². The molecule has 2 rings (SSSR count). The number of amides is 1. The summed E-state index contributed by atoms with van der Waals surface area (Å²) in [6, 6.07) is 4.53. The number of hydrogen-bond acceptors (Lipinski definition) is 4. The van der Waals surface area contributed by atoms with Gasteiger partial charge >= 0.3 is 12.1 Å². The number of carbonyl (C=O) groups is 2. The molecule has 1 amide bonds. The van der Waals surface area contributed by atoms with Crippen LogP contribution in [0.25, 0.3) is 11.4 Å². The molecule has 1 heterocycles. The van der Waals surface area contributed by atoms with Gasteiger partial charge in [0.2, 0.25) is 0 Å². The first kappa shape index (κ1) is 19.4. The summed E-state index contributed by atoms with van der Waals surface area (Å²) < 4.78 is 43.1. The molecular weight excluding hydrogens is 355 g/mol. The van der Waals surface area contributed by atoms with Crippen molar-refractivity contribution in [1.29, 1.82) is 0 Å². The van der Waals surface area contributed by atoms with Crippen LogP contribution in [0.5, 0.6) is 0 Å². The van der Waals surface area contributed by atoms with Crippen LogP contribution in [-0.4, -0.2) is 46.7 Å². The number of methoxy groups -OCH3 is 1. The van der Waals surface area contributed by atoms with E-state index in [0.29, 0.717) is 5.69 Å². The number of alkyl halides is 3. The minimum atomic E-state index is -4.50. The zero-order valence-corrected chi connectivity index (χ0v) is 13.8. The first-order valence-electron chi connectivity index (χ1n) is 7.41. The normalized spacial score (nSPS) is 12.7. The molecule has 7 nitrogen and oxygen atoms in total. The summed E-state index contributed by atoms with van der Waals surface area (Å²) in [6.07, 6.45) is -5.72. The number of carbonyl (C=O) groups excluding carboxylic acids is 1. The lowest BCUT2D eigenvalue weighted by molar-refractivity contribution is -0.148. The van der Waals surface area contributed by atoms with Crippen molar-refractivity contribution in [3.63, 3.8) is 0 Å². The molecule has 1 aromatic carbocycles. The van der Waals surface area contributed by atoms with E-state index in [4.69, 9.17) is 9.84 Å². The van der Waals surface area contributed by atoms with Crippen molar-refractivity contribution in [2.24, 2.45) is 0 Å². The number of aryl methyl sites for hydroxylation is 1. The molecular formula is C16H16F3N3O4. The van der Waals surface area contributed by atoms with Gasteiger partial charge in [-0.05, 0) is 19.1 Å². The van der Waals surface area contributed by atoms with Crippen molar-refractivity contribution in [2.75, 3.05) is 13.7 Å². The molecule has 1 unspecified atom stereocenters. The molecule has 10 heteroatoms. The number of benzene rings is 1. The lowest BCUT2D eigenvalue weighted by atomic mass is 10.1. The predicted molar refractivity (Wildman–Crippen MR) is 84.5 cm³/mol. The first-order chi connectivity index (χ1) is 12.1. The van der Waals surface area contributed by atoms with Crippen LogP contribution in [0.4, 0.5) is 13.2 Å². The Kier molecular flexibility index (Phi) is 5.66. The minimum Gasteiger partial charge on any atom is -0.479 e. The summed E-state index contributed by atoms with van der Waals surface area (Å²) in [5, 5.41) is 11.2. The van der Waals surface area contributed by atoms with Gasteiger partial charge in [-0.2, -0.15) is 13.2 Å². The maximum atomic E-state index is 12.8. The maximum Gasteiger partial charge on any atom is 0.416 e. The summed E-state index contributed by atoms with van der Waals surface area (Å²) in [4.78, 5) is 29.8. The molecule has 0 saturated heterocycles. The Bertz CT molecular complexity index is 817. The molecule has 140 valence electrons. The van der Waals surface area contributed by atoms with Gasteiger partial charge in [0.25, 0.3) is 5.91 Å². The summed E-state index contributed by atoms with van der Waals surface area (Å²) in [5.41, 5.74) is -0.376. The number of H-pyrrole nitrogens is 1. The molecule has 0 bridgehead atoms. The summed E-state index contributed by atoms with van der Waals surface area (Å²) in [6.45, 7) is 1.25. The van der Waals surface area contributed by atoms with Crippen molar-refractivity contribution in [2.45, 2.75) is 19.2 Å². The molecule has 0 spiro atoms. The fourth-order valence-electron chi connectivity index (χ4n) is 2.20. The number of carboxylic acid groups (broad SMARTS) is 1. The van der Waals surface area contributed by atoms with Gasteiger partial charge in [-0.15, -0.1) is 0 Å². The fraction of sp³-hybridized carbons (Fsp3) is 0.312. The summed E-state index contributed by atoms with van der Waals surface area (Å²) in [7, 11) is 1.19. The molecule has 1 atom stereocenters. The lowest BCUT2D eigenvalue weighted by Crippen LogP contribution is -2.38. The largest absolute Gasteiger partial charge is 0.479 e. The van der Waals surface area contributed by atoms with E-state index in [0.717, 1.165) is 12.1 Å². The zero-order chi connectivity index (χ0) is 19.5. The highest BCUT2D eigenvalue weighted by molar-refractivity contribution is 5.94.